The Labute approximate surface area is 147 Å². The fraction of sp³-hybridized carbons (Fsp3) is 0.125. The highest BCUT2D eigenvalue weighted by Gasteiger charge is 2.18. The first-order valence-electron chi connectivity index (χ1n) is 6.75. The molecule has 0 aliphatic carbocycles. The molecule has 1 N–H and O–H groups in total. The molecule has 6 nitrogen and oxygen atoms in total. The molecule has 0 fully saturated rings. The molecule has 1 aromatic carbocycles. The Kier molecular flexibility index (Phi) is 5.39. The van der Waals surface area contributed by atoms with E-state index in [1.807, 2.05) is 6.07 Å². The highest BCUT2D eigenvalue weighted by Crippen LogP contribution is 2.33. The smallest absolute Gasteiger partial charge is 0.281 e. The molecule has 1 aromatic heterocycles. The maximum Gasteiger partial charge on any atom is 0.281 e. The molecule has 0 aliphatic rings. The van der Waals surface area contributed by atoms with E-state index in [-0.39, 0.29) is 34.1 Å². The molecule has 8 heteroatoms. The second kappa shape index (κ2) is 7.30. The standard InChI is InChI=1S/C16H12Cl2N4O2/c1-3-7-22-15(23)10(8-19)9(2)14(16(22)24)21-20-12-6-4-5-11(17)13(12)18/h3-6,23H,1,7H2,2H3. The molecule has 0 aliphatic heterocycles. The topological polar surface area (TPSA) is 90.7 Å². The number of hydrogen-bond donors (Lipinski definition) is 1. The third kappa shape index (κ3) is 3.18. The number of benzene rings is 1. The van der Waals surface area contributed by atoms with Crippen molar-refractivity contribution in [1.82, 2.24) is 4.57 Å². The van der Waals surface area contributed by atoms with E-state index in [0.29, 0.717) is 5.02 Å². The predicted molar refractivity (Wildman–Crippen MR) is 92.7 cm³/mol. The van der Waals surface area contributed by atoms with Crippen LogP contribution in [-0.2, 0) is 6.54 Å². The van der Waals surface area contributed by atoms with Gasteiger partial charge in [-0.2, -0.15) is 5.26 Å². The number of nitriles is 1. The van der Waals surface area contributed by atoms with Crippen molar-refractivity contribution in [3.05, 3.63) is 62.4 Å². The summed E-state index contributed by atoms with van der Waals surface area (Å²) in [6, 6.07) is 6.68. The highest BCUT2D eigenvalue weighted by molar-refractivity contribution is 6.43. The van der Waals surface area contributed by atoms with Crippen molar-refractivity contribution >= 4 is 34.6 Å². The predicted octanol–water partition coefficient (Wildman–Crippen LogP) is 4.64. The van der Waals surface area contributed by atoms with Crippen LogP contribution < -0.4 is 5.56 Å². The number of aromatic hydroxyl groups is 1. The summed E-state index contributed by atoms with van der Waals surface area (Å²) in [5.41, 5.74) is -0.206. The average Bonchev–Trinajstić information content (AvgIpc) is 2.55. The molecule has 122 valence electrons. The van der Waals surface area contributed by atoms with Gasteiger partial charge in [0.05, 0.1) is 10.0 Å². The number of halogens is 2. The molecule has 0 spiro atoms. The number of pyridine rings is 1. The Morgan fingerprint density at radius 1 is 1.42 bits per heavy atom. The Morgan fingerprint density at radius 3 is 2.75 bits per heavy atom. The van der Waals surface area contributed by atoms with Crippen molar-refractivity contribution < 1.29 is 5.11 Å². The SMILES string of the molecule is C=CCn1c(O)c(C#N)c(C)c(N=Nc2cccc(Cl)c2Cl)c1=O. The first-order valence-corrected chi connectivity index (χ1v) is 7.51. The van der Waals surface area contributed by atoms with Crippen LogP contribution in [0.4, 0.5) is 11.4 Å². The van der Waals surface area contributed by atoms with Crippen LogP contribution >= 0.6 is 23.2 Å². The largest absolute Gasteiger partial charge is 0.493 e. The Bertz CT molecular complexity index is 943. The molecule has 0 radical (unpaired) electrons. The van der Waals surface area contributed by atoms with Crippen LogP contribution in [-0.4, -0.2) is 9.67 Å². The lowest BCUT2D eigenvalue weighted by Crippen LogP contribution is -2.21. The summed E-state index contributed by atoms with van der Waals surface area (Å²) in [6.45, 7) is 5.05. The average molecular weight is 363 g/mol. The van der Waals surface area contributed by atoms with Crippen LogP contribution in [0.1, 0.15) is 11.1 Å². The summed E-state index contributed by atoms with van der Waals surface area (Å²) in [7, 11) is 0. The molecule has 1 heterocycles. The van der Waals surface area contributed by atoms with E-state index in [9.17, 15) is 15.2 Å². The van der Waals surface area contributed by atoms with E-state index in [0.717, 1.165) is 4.57 Å². The number of azo groups is 1. The number of allylic oxidation sites excluding steroid dienone is 1. The van der Waals surface area contributed by atoms with Crippen LogP contribution in [0.15, 0.2) is 45.9 Å². The molecule has 0 saturated heterocycles. The van der Waals surface area contributed by atoms with Crippen molar-refractivity contribution in [2.24, 2.45) is 10.2 Å². The van der Waals surface area contributed by atoms with Crippen molar-refractivity contribution in [2.75, 3.05) is 0 Å². The number of aromatic nitrogens is 1. The van der Waals surface area contributed by atoms with Gasteiger partial charge in [-0.15, -0.1) is 16.8 Å². The van der Waals surface area contributed by atoms with Crippen LogP contribution in [0.3, 0.4) is 0 Å². The van der Waals surface area contributed by atoms with Gasteiger partial charge < -0.3 is 5.11 Å². The van der Waals surface area contributed by atoms with Gasteiger partial charge in [0.25, 0.3) is 5.56 Å². The van der Waals surface area contributed by atoms with Gasteiger partial charge in [0.1, 0.15) is 17.3 Å². The molecule has 2 rings (SSSR count). The van der Waals surface area contributed by atoms with Gasteiger partial charge in [0.2, 0.25) is 5.88 Å². The zero-order chi connectivity index (χ0) is 17.9. The monoisotopic (exact) mass is 362 g/mol. The van der Waals surface area contributed by atoms with Gasteiger partial charge in [0, 0.05) is 12.1 Å². The quantitative estimate of drug-likeness (QED) is 0.634. The first kappa shape index (κ1) is 17.7. The van der Waals surface area contributed by atoms with E-state index < -0.39 is 11.4 Å². The van der Waals surface area contributed by atoms with E-state index in [2.05, 4.69) is 16.8 Å². The molecule has 0 bridgehead atoms. The van der Waals surface area contributed by atoms with E-state index in [4.69, 9.17) is 23.2 Å². The second-order valence-electron chi connectivity index (χ2n) is 4.76. The Morgan fingerprint density at radius 2 is 2.12 bits per heavy atom. The number of hydrogen-bond acceptors (Lipinski definition) is 5. The maximum absolute atomic E-state index is 12.5. The van der Waals surface area contributed by atoms with Crippen molar-refractivity contribution in [2.45, 2.75) is 13.5 Å². The molecular weight excluding hydrogens is 351 g/mol. The van der Waals surface area contributed by atoms with Crippen LogP contribution in [0, 0.1) is 18.3 Å². The minimum Gasteiger partial charge on any atom is -0.493 e. The molecule has 0 unspecified atom stereocenters. The zero-order valence-electron chi connectivity index (χ0n) is 12.6. The molecule has 2 aromatic rings. The third-order valence-corrected chi connectivity index (χ3v) is 4.08. The fourth-order valence-electron chi connectivity index (χ4n) is 2.03. The summed E-state index contributed by atoms with van der Waals surface area (Å²) < 4.78 is 0.993. The minimum atomic E-state index is -0.592. The number of nitrogens with zero attached hydrogens (tertiary/aromatic N) is 4. The summed E-state index contributed by atoms with van der Waals surface area (Å²) in [4.78, 5) is 12.5. The lowest BCUT2D eigenvalue weighted by molar-refractivity contribution is 0.414. The summed E-state index contributed by atoms with van der Waals surface area (Å²) in [6.07, 6.45) is 1.42. The van der Waals surface area contributed by atoms with Crippen LogP contribution in [0.2, 0.25) is 10.0 Å². The minimum absolute atomic E-state index is 0.0278. The van der Waals surface area contributed by atoms with Crippen molar-refractivity contribution in [1.29, 1.82) is 5.26 Å². The van der Waals surface area contributed by atoms with E-state index >= 15 is 0 Å². The van der Waals surface area contributed by atoms with E-state index in [1.165, 1.54) is 13.0 Å². The molecular formula is C16H12Cl2N4O2. The van der Waals surface area contributed by atoms with Gasteiger partial charge >= 0.3 is 0 Å². The zero-order valence-corrected chi connectivity index (χ0v) is 14.1. The normalized spacial score (nSPS) is 10.8. The lowest BCUT2D eigenvalue weighted by Gasteiger charge is -2.11. The van der Waals surface area contributed by atoms with Crippen molar-refractivity contribution in [3.63, 3.8) is 0 Å². The molecule has 0 saturated carbocycles. The van der Waals surface area contributed by atoms with Gasteiger partial charge in [-0.3, -0.25) is 9.36 Å². The van der Waals surface area contributed by atoms with Gasteiger partial charge in [0.15, 0.2) is 5.69 Å². The van der Waals surface area contributed by atoms with Gasteiger partial charge in [-0.1, -0.05) is 35.3 Å². The van der Waals surface area contributed by atoms with Gasteiger partial charge in [-0.05, 0) is 19.1 Å². The maximum atomic E-state index is 12.5. The summed E-state index contributed by atoms with van der Waals surface area (Å²) in [5, 5.41) is 27.6. The lowest BCUT2D eigenvalue weighted by atomic mass is 10.1. The highest BCUT2D eigenvalue weighted by atomic mass is 35.5. The third-order valence-electron chi connectivity index (χ3n) is 3.27. The second-order valence-corrected chi connectivity index (χ2v) is 5.55. The molecule has 24 heavy (non-hydrogen) atoms. The Hall–Kier alpha value is -2.62. The van der Waals surface area contributed by atoms with Crippen LogP contribution in [0.25, 0.3) is 0 Å². The van der Waals surface area contributed by atoms with Crippen LogP contribution in [0.5, 0.6) is 5.88 Å². The first-order chi connectivity index (χ1) is 11.4. The summed E-state index contributed by atoms with van der Waals surface area (Å²) in [5.74, 6) is -0.431. The Balaban J connectivity index is 2.66. The molecule has 0 atom stereocenters. The van der Waals surface area contributed by atoms with Gasteiger partial charge in [-0.25, -0.2) is 0 Å². The van der Waals surface area contributed by atoms with E-state index in [1.54, 1.807) is 18.2 Å². The fourth-order valence-corrected chi connectivity index (χ4v) is 2.36. The number of rotatable bonds is 4. The molecule has 0 amide bonds. The van der Waals surface area contributed by atoms with Crippen molar-refractivity contribution in [3.8, 4) is 11.9 Å². The summed E-state index contributed by atoms with van der Waals surface area (Å²) >= 11 is 11.9.